The summed E-state index contributed by atoms with van der Waals surface area (Å²) in [7, 11) is 0. The van der Waals surface area contributed by atoms with Crippen LogP contribution in [-0.4, -0.2) is 24.9 Å². The van der Waals surface area contributed by atoms with Crippen LogP contribution in [0.15, 0.2) is 36.4 Å². The molecule has 1 fully saturated rings. The van der Waals surface area contributed by atoms with Crippen LogP contribution in [0.2, 0.25) is 0 Å². The van der Waals surface area contributed by atoms with E-state index in [0.717, 1.165) is 37.3 Å². The van der Waals surface area contributed by atoms with Crippen LogP contribution < -0.4 is 33.6 Å². The summed E-state index contributed by atoms with van der Waals surface area (Å²) < 4.78 is 0. The number of hydrogen-bond acceptors (Lipinski definition) is 6. The topological polar surface area (TPSA) is 162 Å². The van der Waals surface area contributed by atoms with Gasteiger partial charge in [-0.25, -0.2) is 0 Å². The van der Waals surface area contributed by atoms with E-state index in [1.165, 1.54) is 0 Å². The Labute approximate surface area is 182 Å². The van der Waals surface area contributed by atoms with E-state index >= 15 is 0 Å². The van der Waals surface area contributed by atoms with Crippen LogP contribution in [0.3, 0.4) is 0 Å². The van der Waals surface area contributed by atoms with Gasteiger partial charge in [0.15, 0.2) is 0 Å². The van der Waals surface area contributed by atoms with Crippen molar-refractivity contribution in [1.29, 1.82) is 0 Å². The molecular formula is C23H32N6O2. The first-order chi connectivity index (χ1) is 14.6. The number of nitrogen functional groups attached to an aromatic ring is 2. The van der Waals surface area contributed by atoms with Crippen molar-refractivity contribution in [2.75, 3.05) is 35.2 Å². The van der Waals surface area contributed by atoms with Crippen molar-refractivity contribution in [3.63, 3.8) is 0 Å². The van der Waals surface area contributed by atoms with E-state index in [4.69, 9.17) is 22.9 Å². The van der Waals surface area contributed by atoms with Crippen LogP contribution >= 0.6 is 0 Å². The third-order valence-electron chi connectivity index (χ3n) is 6.08. The molecule has 2 aromatic rings. The highest BCUT2D eigenvalue weighted by Gasteiger charge is 2.38. The molecule has 1 saturated carbocycles. The number of carbonyl (C=O) groups is 2. The van der Waals surface area contributed by atoms with Gasteiger partial charge in [-0.2, -0.15) is 0 Å². The number of primary amides is 2. The number of nitrogens with two attached hydrogens (primary N) is 4. The molecule has 8 heteroatoms. The van der Waals surface area contributed by atoms with E-state index in [9.17, 15) is 9.59 Å². The molecule has 0 aromatic heterocycles. The summed E-state index contributed by atoms with van der Waals surface area (Å²) in [5, 5.41) is 6.87. The summed E-state index contributed by atoms with van der Waals surface area (Å²) in [6.45, 7) is 6.11. The lowest BCUT2D eigenvalue weighted by atomic mass is 9.90. The first-order valence-electron chi connectivity index (χ1n) is 10.4. The van der Waals surface area contributed by atoms with Gasteiger partial charge >= 0.3 is 0 Å². The predicted molar refractivity (Wildman–Crippen MR) is 126 cm³/mol. The van der Waals surface area contributed by atoms with Crippen LogP contribution in [0.1, 0.15) is 47.4 Å². The van der Waals surface area contributed by atoms with Gasteiger partial charge in [-0.1, -0.05) is 13.8 Å². The zero-order valence-corrected chi connectivity index (χ0v) is 18.1. The van der Waals surface area contributed by atoms with Crippen molar-refractivity contribution in [2.45, 2.75) is 26.7 Å². The fraction of sp³-hybridized carbons (Fsp3) is 0.391. The molecule has 0 bridgehead atoms. The largest absolute Gasteiger partial charge is 0.397 e. The van der Waals surface area contributed by atoms with Gasteiger partial charge in [0.2, 0.25) is 11.8 Å². The number of nitrogens with one attached hydrogen (secondary N) is 2. The normalized spacial score (nSPS) is 19.7. The van der Waals surface area contributed by atoms with Gasteiger partial charge in [-0.3, -0.25) is 9.59 Å². The van der Waals surface area contributed by atoms with Crippen molar-refractivity contribution in [3.05, 3.63) is 47.5 Å². The Morgan fingerprint density at radius 2 is 1.23 bits per heavy atom. The van der Waals surface area contributed by atoms with Gasteiger partial charge in [0.1, 0.15) is 0 Å². The van der Waals surface area contributed by atoms with E-state index in [1.807, 2.05) is 0 Å². The molecule has 0 spiro atoms. The van der Waals surface area contributed by atoms with Crippen LogP contribution in [0.4, 0.5) is 22.7 Å². The molecule has 0 aliphatic heterocycles. The highest BCUT2D eigenvalue weighted by atomic mass is 16.1. The molecule has 0 heterocycles. The molecule has 10 N–H and O–H groups in total. The average Bonchev–Trinajstić information content (AvgIpc) is 2.99. The summed E-state index contributed by atoms with van der Waals surface area (Å²) in [5.74, 6) is -0.122. The summed E-state index contributed by atoms with van der Waals surface area (Å²) in [6.07, 6.45) is 2.17. The molecule has 166 valence electrons. The number of rotatable bonds is 8. The Kier molecular flexibility index (Phi) is 6.29. The Balaban J connectivity index is 1.65. The summed E-state index contributed by atoms with van der Waals surface area (Å²) in [5.41, 5.74) is 26.4. The average molecular weight is 425 g/mol. The molecule has 8 nitrogen and oxygen atoms in total. The summed E-state index contributed by atoms with van der Waals surface area (Å²) in [4.78, 5) is 22.6. The molecule has 1 aliphatic carbocycles. The second-order valence-electron chi connectivity index (χ2n) is 9.19. The van der Waals surface area contributed by atoms with Gasteiger partial charge in [-0.15, -0.1) is 0 Å². The lowest BCUT2D eigenvalue weighted by molar-refractivity contribution is 0.0992. The maximum absolute atomic E-state index is 11.3. The molecular weight excluding hydrogens is 392 g/mol. The first-order valence-corrected chi connectivity index (χ1v) is 10.4. The van der Waals surface area contributed by atoms with Crippen molar-refractivity contribution >= 4 is 34.6 Å². The van der Waals surface area contributed by atoms with Crippen LogP contribution in [0.5, 0.6) is 0 Å². The number of benzene rings is 2. The smallest absolute Gasteiger partial charge is 0.248 e. The monoisotopic (exact) mass is 424 g/mol. The van der Waals surface area contributed by atoms with Crippen molar-refractivity contribution in [2.24, 2.45) is 28.7 Å². The number of carbonyl (C=O) groups excluding carboxylic acids is 2. The van der Waals surface area contributed by atoms with Gasteiger partial charge < -0.3 is 33.6 Å². The van der Waals surface area contributed by atoms with Gasteiger partial charge in [-0.05, 0) is 66.5 Å². The molecule has 2 aromatic carbocycles. The number of hydrogen-bond donors (Lipinski definition) is 6. The van der Waals surface area contributed by atoms with Gasteiger partial charge in [0.05, 0.1) is 22.7 Å². The standard InChI is InChI=1S/C23H32N6O2/c1-23(2)9-15(11-28-19-5-3-13(21(26)30)7-17(19)24)16(10-23)12-29-20-6-4-14(22(27)31)8-18(20)25/h3-8,15-16,28-29H,9-12,24-25H2,1-2H3,(H2,26,30)(H2,27,31)/t15-,16-/m1/s1. The Morgan fingerprint density at radius 1 is 0.839 bits per heavy atom. The van der Waals surface area contributed by atoms with Crippen molar-refractivity contribution < 1.29 is 9.59 Å². The van der Waals surface area contributed by atoms with E-state index in [-0.39, 0.29) is 5.41 Å². The van der Waals surface area contributed by atoms with E-state index in [1.54, 1.807) is 36.4 Å². The van der Waals surface area contributed by atoms with Gasteiger partial charge in [0.25, 0.3) is 0 Å². The Bertz CT molecular complexity index is 911. The third kappa shape index (κ3) is 5.39. The minimum Gasteiger partial charge on any atom is -0.397 e. The summed E-state index contributed by atoms with van der Waals surface area (Å²) in [6, 6.07) is 10.1. The molecule has 2 atom stereocenters. The number of anilines is 4. The first kappa shape index (κ1) is 22.3. The number of amides is 2. The highest BCUT2D eigenvalue weighted by Crippen LogP contribution is 2.45. The molecule has 2 amide bonds. The van der Waals surface area contributed by atoms with Crippen molar-refractivity contribution in [3.8, 4) is 0 Å². The maximum atomic E-state index is 11.3. The van der Waals surface area contributed by atoms with Crippen LogP contribution in [0, 0.1) is 17.3 Å². The zero-order valence-electron chi connectivity index (χ0n) is 18.1. The molecule has 31 heavy (non-hydrogen) atoms. The van der Waals surface area contributed by atoms with E-state index < -0.39 is 11.8 Å². The Morgan fingerprint density at radius 3 is 1.55 bits per heavy atom. The fourth-order valence-corrected chi connectivity index (χ4v) is 4.55. The highest BCUT2D eigenvalue weighted by molar-refractivity contribution is 5.95. The quantitative estimate of drug-likeness (QED) is 0.357. The van der Waals surface area contributed by atoms with Crippen molar-refractivity contribution in [1.82, 2.24) is 0 Å². The van der Waals surface area contributed by atoms with Crippen LogP contribution in [0.25, 0.3) is 0 Å². The zero-order chi connectivity index (χ0) is 22.8. The minimum atomic E-state index is -0.495. The molecule has 0 saturated heterocycles. The Hall–Kier alpha value is -3.42. The van der Waals surface area contributed by atoms with E-state index in [2.05, 4.69) is 24.5 Å². The van der Waals surface area contributed by atoms with Crippen LogP contribution in [-0.2, 0) is 0 Å². The lowest BCUT2D eigenvalue weighted by Gasteiger charge is -2.22. The fourth-order valence-electron chi connectivity index (χ4n) is 4.55. The molecule has 0 unspecified atom stereocenters. The second-order valence-corrected chi connectivity index (χ2v) is 9.19. The maximum Gasteiger partial charge on any atom is 0.248 e. The lowest BCUT2D eigenvalue weighted by Crippen LogP contribution is -2.24. The second kappa shape index (κ2) is 8.75. The predicted octanol–water partition coefficient (Wildman–Crippen LogP) is 2.63. The third-order valence-corrected chi connectivity index (χ3v) is 6.08. The van der Waals surface area contributed by atoms with E-state index in [0.29, 0.717) is 34.3 Å². The minimum absolute atomic E-state index is 0.238. The van der Waals surface area contributed by atoms with Gasteiger partial charge in [0, 0.05) is 24.2 Å². The summed E-state index contributed by atoms with van der Waals surface area (Å²) >= 11 is 0. The molecule has 0 radical (unpaired) electrons. The molecule has 1 aliphatic rings. The molecule has 3 rings (SSSR count). The SMILES string of the molecule is CC1(C)C[C@H](CNc2ccc(C(N)=O)cc2N)[C@@H](CNc2ccc(C(N)=O)cc2N)C1.